The Bertz CT molecular complexity index is 538. The van der Waals surface area contributed by atoms with Crippen LogP contribution < -0.4 is 4.74 Å². The minimum absolute atomic E-state index is 0.274. The smallest absolute Gasteiger partial charge is 0.212 e. The lowest BCUT2D eigenvalue weighted by Gasteiger charge is -2.20. The van der Waals surface area contributed by atoms with Gasteiger partial charge in [0.25, 0.3) is 0 Å². The third-order valence-electron chi connectivity index (χ3n) is 2.99. The van der Waals surface area contributed by atoms with Crippen molar-refractivity contribution in [1.29, 1.82) is 0 Å². The van der Waals surface area contributed by atoms with Gasteiger partial charge in [-0.2, -0.15) is 0 Å². The van der Waals surface area contributed by atoms with Gasteiger partial charge in [-0.25, -0.2) is 4.98 Å². The third kappa shape index (κ3) is 3.57. The molecule has 0 atom stereocenters. The molecule has 0 unspecified atom stereocenters. The topological polar surface area (TPSA) is 22.1 Å². The molecule has 0 amide bonds. The predicted molar refractivity (Wildman–Crippen MR) is 79.4 cm³/mol. The van der Waals surface area contributed by atoms with Gasteiger partial charge in [-0.15, -0.1) is 0 Å². The van der Waals surface area contributed by atoms with Gasteiger partial charge in [0.1, 0.15) is 0 Å². The molecule has 0 aliphatic heterocycles. The number of methoxy groups -OCH3 is 1. The molecule has 0 aliphatic carbocycles. The second-order valence-corrected chi connectivity index (χ2v) is 5.98. The zero-order valence-electron chi connectivity index (χ0n) is 12.1. The van der Waals surface area contributed by atoms with Crippen LogP contribution in [0, 0.1) is 5.41 Å². The quantitative estimate of drug-likeness (QED) is 0.813. The van der Waals surface area contributed by atoms with Crippen LogP contribution >= 0.6 is 0 Å². The highest BCUT2D eigenvalue weighted by Gasteiger charge is 2.14. The van der Waals surface area contributed by atoms with E-state index < -0.39 is 0 Å². The van der Waals surface area contributed by atoms with Crippen LogP contribution in [0.1, 0.15) is 26.3 Å². The third-order valence-corrected chi connectivity index (χ3v) is 2.99. The Hall–Kier alpha value is -1.83. The summed E-state index contributed by atoms with van der Waals surface area (Å²) in [5.74, 6) is 0.650. The van der Waals surface area contributed by atoms with E-state index in [-0.39, 0.29) is 5.41 Å². The second kappa shape index (κ2) is 5.43. The molecule has 19 heavy (non-hydrogen) atoms. The molecule has 2 rings (SSSR count). The maximum Gasteiger partial charge on any atom is 0.212 e. The minimum atomic E-state index is 0.274. The molecule has 0 N–H and O–H groups in total. The monoisotopic (exact) mass is 255 g/mol. The molecule has 1 heterocycles. The Morgan fingerprint density at radius 2 is 1.79 bits per heavy atom. The maximum absolute atomic E-state index is 5.10. The van der Waals surface area contributed by atoms with Gasteiger partial charge in [0.05, 0.1) is 7.11 Å². The molecular formula is C17H21NO. The highest BCUT2D eigenvalue weighted by molar-refractivity contribution is 5.66. The molecule has 2 aromatic rings. The fraction of sp³-hybridized carbons (Fsp3) is 0.353. The van der Waals surface area contributed by atoms with Crippen molar-refractivity contribution in [2.75, 3.05) is 7.11 Å². The predicted octanol–water partition coefficient (Wildman–Crippen LogP) is 4.35. The Kier molecular flexibility index (Phi) is 3.89. The summed E-state index contributed by atoms with van der Waals surface area (Å²) in [6.07, 6.45) is 2.93. The normalized spacial score (nSPS) is 11.4. The number of rotatable bonds is 3. The van der Waals surface area contributed by atoms with Crippen molar-refractivity contribution in [2.45, 2.75) is 27.2 Å². The van der Waals surface area contributed by atoms with Crippen LogP contribution in [-0.4, -0.2) is 12.1 Å². The van der Waals surface area contributed by atoms with Crippen LogP contribution in [0.15, 0.2) is 42.6 Å². The van der Waals surface area contributed by atoms with E-state index in [1.807, 2.05) is 12.3 Å². The van der Waals surface area contributed by atoms with Crippen molar-refractivity contribution >= 4 is 0 Å². The van der Waals surface area contributed by atoms with Crippen molar-refractivity contribution in [2.24, 2.45) is 5.41 Å². The number of pyridine rings is 1. The summed E-state index contributed by atoms with van der Waals surface area (Å²) in [4.78, 5) is 4.29. The summed E-state index contributed by atoms with van der Waals surface area (Å²) in [6, 6.07) is 12.5. The van der Waals surface area contributed by atoms with Crippen LogP contribution in [0.4, 0.5) is 0 Å². The molecule has 0 aliphatic rings. The molecule has 0 saturated carbocycles. The summed E-state index contributed by atoms with van der Waals surface area (Å²) in [5.41, 5.74) is 4.03. The summed E-state index contributed by atoms with van der Waals surface area (Å²) >= 11 is 0. The summed E-state index contributed by atoms with van der Waals surface area (Å²) in [5, 5.41) is 0. The zero-order valence-corrected chi connectivity index (χ0v) is 12.1. The average Bonchev–Trinajstić information content (AvgIpc) is 2.38. The van der Waals surface area contributed by atoms with Gasteiger partial charge in [0.2, 0.25) is 5.88 Å². The first-order valence-electron chi connectivity index (χ1n) is 6.58. The molecule has 0 spiro atoms. The highest BCUT2D eigenvalue weighted by atomic mass is 16.5. The number of hydrogen-bond acceptors (Lipinski definition) is 2. The Balaban J connectivity index is 2.38. The Morgan fingerprint density at radius 3 is 2.37 bits per heavy atom. The van der Waals surface area contributed by atoms with E-state index >= 15 is 0 Å². The number of hydrogen-bond donors (Lipinski definition) is 0. The van der Waals surface area contributed by atoms with Crippen LogP contribution in [0.2, 0.25) is 0 Å². The van der Waals surface area contributed by atoms with E-state index in [0.29, 0.717) is 5.88 Å². The lowest BCUT2D eigenvalue weighted by Crippen LogP contribution is -2.10. The summed E-state index contributed by atoms with van der Waals surface area (Å²) in [6.45, 7) is 6.78. The fourth-order valence-electron chi connectivity index (χ4n) is 2.19. The molecule has 0 radical (unpaired) electrons. The molecule has 1 aromatic carbocycles. The fourth-order valence-corrected chi connectivity index (χ4v) is 2.19. The standard InChI is InChI=1S/C17H21NO/c1-17(2,3)11-13-7-5-6-8-15(13)14-9-10-16(19-4)18-12-14/h5-10,12H,11H2,1-4H3. The van der Waals surface area contributed by atoms with Crippen molar-refractivity contribution in [1.82, 2.24) is 4.98 Å². The first-order chi connectivity index (χ1) is 8.99. The van der Waals surface area contributed by atoms with Gasteiger partial charge in [-0.3, -0.25) is 0 Å². The first kappa shape index (κ1) is 13.6. The minimum Gasteiger partial charge on any atom is -0.481 e. The van der Waals surface area contributed by atoms with E-state index in [4.69, 9.17) is 4.74 Å². The van der Waals surface area contributed by atoms with Gasteiger partial charge < -0.3 is 4.74 Å². The summed E-state index contributed by atoms with van der Waals surface area (Å²) in [7, 11) is 1.63. The van der Waals surface area contributed by atoms with E-state index in [1.165, 1.54) is 11.1 Å². The largest absolute Gasteiger partial charge is 0.481 e. The number of benzene rings is 1. The Labute approximate surface area is 115 Å². The first-order valence-corrected chi connectivity index (χ1v) is 6.58. The molecule has 1 aromatic heterocycles. The van der Waals surface area contributed by atoms with Crippen LogP contribution in [0.5, 0.6) is 5.88 Å². The van der Waals surface area contributed by atoms with E-state index in [9.17, 15) is 0 Å². The SMILES string of the molecule is COc1ccc(-c2ccccc2CC(C)(C)C)cn1. The Morgan fingerprint density at radius 1 is 1.05 bits per heavy atom. The van der Waals surface area contributed by atoms with Crippen molar-refractivity contribution in [3.05, 3.63) is 48.2 Å². The molecule has 0 saturated heterocycles. The van der Waals surface area contributed by atoms with Crippen LogP contribution in [0.25, 0.3) is 11.1 Å². The lowest BCUT2D eigenvalue weighted by molar-refractivity contribution is 0.398. The van der Waals surface area contributed by atoms with Crippen LogP contribution in [0.3, 0.4) is 0 Å². The van der Waals surface area contributed by atoms with Crippen molar-refractivity contribution < 1.29 is 4.74 Å². The molecule has 2 nitrogen and oxygen atoms in total. The van der Waals surface area contributed by atoms with Gasteiger partial charge in [0.15, 0.2) is 0 Å². The highest BCUT2D eigenvalue weighted by Crippen LogP contribution is 2.29. The lowest BCUT2D eigenvalue weighted by atomic mass is 9.85. The zero-order chi connectivity index (χ0) is 13.9. The van der Waals surface area contributed by atoms with Gasteiger partial charge in [-0.05, 0) is 29.0 Å². The number of aromatic nitrogens is 1. The van der Waals surface area contributed by atoms with Crippen molar-refractivity contribution in [3.63, 3.8) is 0 Å². The molecule has 0 fully saturated rings. The molecule has 0 bridgehead atoms. The van der Waals surface area contributed by atoms with Gasteiger partial charge >= 0.3 is 0 Å². The summed E-state index contributed by atoms with van der Waals surface area (Å²) < 4.78 is 5.10. The van der Waals surface area contributed by atoms with Gasteiger partial charge in [0, 0.05) is 17.8 Å². The number of nitrogens with zero attached hydrogens (tertiary/aromatic N) is 1. The van der Waals surface area contributed by atoms with Crippen molar-refractivity contribution in [3.8, 4) is 17.0 Å². The van der Waals surface area contributed by atoms with Crippen LogP contribution in [-0.2, 0) is 6.42 Å². The number of ether oxygens (including phenoxy) is 1. The average molecular weight is 255 g/mol. The maximum atomic E-state index is 5.10. The van der Waals surface area contributed by atoms with E-state index in [2.05, 4.69) is 56.1 Å². The molecule has 2 heteroatoms. The van der Waals surface area contributed by atoms with Gasteiger partial charge in [-0.1, -0.05) is 45.0 Å². The van der Waals surface area contributed by atoms with E-state index in [1.54, 1.807) is 7.11 Å². The molecule has 100 valence electrons. The second-order valence-electron chi connectivity index (χ2n) is 5.98. The van der Waals surface area contributed by atoms with E-state index in [0.717, 1.165) is 12.0 Å². The molecular weight excluding hydrogens is 234 g/mol.